The van der Waals surface area contributed by atoms with Gasteiger partial charge in [0.2, 0.25) is 0 Å². The molecule has 0 unspecified atom stereocenters. The lowest BCUT2D eigenvalue weighted by Gasteiger charge is -2.25. The molecule has 2 heteroatoms. The first-order valence-electron chi connectivity index (χ1n) is 7.49. The molecule has 0 aromatic heterocycles. The number of hydrogen-bond acceptors (Lipinski definition) is 2. The second-order valence-corrected chi connectivity index (χ2v) is 5.95. The second kappa shape index (κ2) is 7.66. The minimum Gasteiger partial charge on any atom is -0.394 e. The summed E-state index contributed by atoms with van der Waals surface area (Å²) in [6.45, 7) is 9.53. The standard InChI is InChI=1S/C17H29NO/c1-5-8-14-10-7-11-15(9-6-2)16(14)12-18-17(3,4)13-19/h7,10-11,18-19H,5-6,8-9,12-13H2,1-4H3. The lowest BCUT2D eigenvalue weighted by atomic mass is 9.94. The van der Waals surface area contributed by atoms with Crippen molar-refractivity contribution in [2.45, 2.75) is 65.5 Å². The van der Waals surface area contributed by atoms with E-state index in [9.17, 15) is 5.11 Å². The molecule has 0 fully saturated rings. The average Bonchev–Trinajstić information content (AvgIpc) is 2.39. The molecule has 0 saturated heterocycles. The molecule has 1 rings (SSSR count). The zero-order chi connectivity index (χ0) is 14.3. The Morgan fingerprint density at radius 3 is 2.00 bits per heavy atom. The van der Waals surface area contributed by atoms with Gasteiger partial charge >= 0.3 is 0 Å². The van der Waals surface area contributed by atoms with Crippen molar-refractivity contribution in [1.82, 2.24) is 5.32 Å². The molecule has 0 aliphatic rings. The molecule has 0 spiro atoms. The van der Waals surface area contributed by atoms with Crippen molar-refractivity contribution in [3.8, 4) is 0 Å². The zero-order valence-corrected chi connectivity index (χ0v) is 12.9. The quantitative estimate of drug-likeness (QED) is 0.753. The summed E-state index contributed by atoms with van der Waals surface area (Å²) < 4.78 is 0. The van der Waals surface area contributed by atoms with Crippen LogP contribution in [-0.4, -0.2) is 17.3 Å². The van der Waals surface area contributed by atoms with Crippen LogP contribution in [-0.2, 0) is 19.4 Å². The van der Waals surface area contributed by atoms with Crippen LogP contribution >= 0.6 is 0 Å². The average molecular weight is 263 g/mol. The lowest BCUT2D eigenvalue weighted by molar-refractivity contribution is 0.187. The van der Waals surface area contributed by atoms with Gasteiger partial charge in [0.15, 0.2) is 0 Å². The van der Waals surface area contributed by atoms with Crippen molar-refractivity contribution < 1.29 is 5.11 Å². The normalized spacial score (nSPS) is 11.8. The number of benzene rings is 1. The Morgan fingerprint density at radius 1 is 1.05 bits per heavy atom. The highest BCUT2D eigenvalue weighted by molar-refractivity contribution is 5.35. The Bertz CT molecular complexity index is 361. The number of aliphatic hydroxyl groups is 1. The van der Waals surface area contributed by atoms with Crippen LogP contribution in [0.25, 0.3) is 0 Å². The third-order valence-electron chi connectivity index (χ3n) is 3.55. The molecule has 1 aromatic carbocycles. The highest BCUT2D eigenvalue weighted by Crippen LogP contribution is 2.19. The maximum Gasteiger partial charge on any atom is 0.0607 e. The zero-order valence-electron chi connectivity index (χ0n) is 12.9. The first-order chi connectivity index (χ1) is 9.04. The SMILES string of the molecule is CCCc1cccc(CCC)c1CNC(C)(C)CO. The summed E-state index contributed by atoms with van der Waals surface area (Å²) in [5.41, 5.74) is 4.13. The third-order valence-corrected chi connectivity index (χ3v) is 3.55. The van der Waals surface area contributed by atoms with Crippen LogP contribution in [0.5, 0.6) is 0 Å². The molecule has 0 aliphatic carbocycles. The maximum absolute atomic E-state index is 9.35. The minimum atomic E-state index is -0.219. The van der Waals surface area contributed by atoms with Crippen molar-refractivity contribution in [2.24, 2.45) is 0 Å². The summed E-state index contributed by atoms with van der Waals surface area (Å²) in [4.78, 5) is 0. The molecule has 0 radical (unpaired) electrons. The summed E-state index contributed by atoms with van der Waals surface area (Å²) in [6, 6.07) is 6.66. The number of aryl methyl sites for hydroxylation is 2. The van der Waals surface area contributed by atoms with Crippen LogP contribution in [0.4, 0.5) is 0 Å². The Hall–Kier alpha value is -0.860. The molecule has 0 atom stereocenters. The second-order valence-electron chi connectivity index (χ2n) is 5.95. The van der Waals surface area contributed by atoms with Gasteiger partial charge in [-0.25, -0.2) is 0 Å². The Morgan fingerprint density at radius 2 is 1.58 bits per heavy atom. The van der Waals surface area contributed by atoms with Crippen LogP contribution in [0.1, 0.15) is 57.2 Å². The highest BCUT2D eigenvalue weighted by Gasteiger charge is 2.16. The fourth-order valence-corrected chi connectivity index (χ4v) is 2.31. The summed E-state index contributed by atoms with van der Waals surface area (Å²) in [6.07, 6.45) is 4.61. The Kier molecular flexibility index (Phi) is 6.53. The van der Waals surface area contributed by atoms with Crippen LogP contribution < -0.4 is 5.32 Å². The predicted molar refractivity (Wildman–Crippen MR) is 82.4 cm³/mol. The molecule has 108 valence electrons. The lowest BCUT2D eigenvalue weighted by Crippen LogP contribution is -2.42. The molecule has 19 heavy (non-hydrogen) atoms. The van der Waals surface area contributed by atoms with Gasteiger partial charge in [-0.1, -0.05) is 44.9 Å². The molecule has 0 bridgehead atoms. The van der Waals surface area contributed by atoms with Gasteiger partial charge < -0.3 is 10.4 Å². The fraction of sp³-hybridized carbons (Fsp3) is 0.647. The van der Waals surface area contributed by atoms with Crippen LogP contribution in [0.3, 0.4) is 0 Å². The van der Waals surface area contributed by atoms with Gasteiger partial charge in [0, 0.05) is 12.1 Å². The molecule has 0 amide bonds. The molecule has 2 N–H and O–H groups in total. The van der Waals surface area contributed by atoms with E-state index in [1.54, 1.807) is 0 Å². The van der Waals surface area contributed by atoms with Crippen LogP contribution in [0, 0.1) is 0 Å². The van der Waals surface area contributed by atoms with Gasteiger partial charge in [-0.3, -0.25) is 0 Å². The van der Waals surface area contributed by atoms with Gasteiger partial charge in [-0.15, -0.1) is 0 Å². The summed E-state index contributed by atoms with van der Waals surface area (Å²) in [7, 11) is 0. The molecule has 2 nitrogen and oxygen atoms in total. The van der Waals surface area contributed by atoms with E-state index in [1.165, 1.54) is 29.5 Å². The number of rotatable bonds is 8. The summed E-state index contributed by atoms with van der Waals surface area (Å²) in [5.74, 6) is 0. The van der Waals surface area contributed by atoms with Gasteiger partial charge in [-0.05, 0) is 43.4 Å². The summed E-state index contributed by atoms with van der Waals surface area (Å²) in [5, 5.41) is 12.8. The maximum atomic E-state index is 9.35. The van der Waals surface area contributed by atoms with E-state index in [2.05, 4.69) is 37.4 Å². The third kappa shape index (κ3) is 4.96. The predicted octanol–water partition coefficient (Wildman–Crippen LogP) is 3.45. The molecular weight excluding hydrogens is 234 g/mol. The minimum absolute atomic E-state index is 0.159. The number of hydrogen-bond donors (Lipinski definition) is 2. The van der Waals surface area contributed by atoms with Gasteiger partial charge in [0.1, 0.15) is 0 Å². The molecule has 1 aromatic rings. The topological polar surface area (TPSA) is 32.3 Å². The van der Waals surface area contributed by atoms with Crippen molar-refractivity contribution in [3.63, 3.8) is 0 Å². The van der Waals surface area contributed by atoms with Gasteiger partial charge in [0.05, 0.1) is 6.61 Å². The van der Waals surface area contributed by atoms with E-state index in [4.69, 9.17) is 0 Å². The van der Waals surface area contributed by atoms with Crippen LogP contribution in [0.15, 0.2) is 18.2 Å². The van der Waals surface area contributed by atoms with Crippen molar-refractivity contribution >= 4 is 0 Å². The monoisotopic (exact) mass is 263 g/mol. The van der Waals surface area contributed by atoms with E-state index < -0.39 is 0 Å². The highest BCUT2D eigenvalue weighted by atomic mass is 16.3. The van der Waals surface area contributed by atoms with Crippen molar-refractivity contribution in [2.75, 3.05) is 6.61 Å². The van der Waals surface area contributed by atoms with E-state index in [1.807, 2.05) is 13.8 Å². The molecule has 0 saturated carbocycles. The smallest absolute Gasteiger partial charge is 0.0607 e. The Labute approximate surface area is 118 Å². The van der Waals surface area contributed by atoms with Crippen molar-refractivity contribution in [3.05, 3.63) is 34.9 Å². The fourth-order valence-electron chi connectivity index (χ4n) is 2.31. The van der Waals surface area contributed by atoms with E-state index in [0.29, 0.717) is 0 Å². The first kappa shape index (κ1) is 16.2. The largest absolute Gasteiger partial charge is 0.394 e. The number of aliphatic hydroxyl groups excluding tert-OH is 1. The first-order valence-corrected chi connectivity index (χ1v) is 7.49. The molecule has 0 aliphatic heterocycles. The molecule has 0 heterocycles. The van der Waals surface area contributed by atoms with E-state index in [0.717, 1.165) is 19.4 Å². The van der Waals surface area contributed by atoms with Crippen LogP contribution in [0.2, 0.25) is 0 Å². The van der Waals surface area contributed by atoms with Crippen molar-refractivity contribution in [1.29, 1.82) is 0 Å². The van der Waals surface area contributed by atoms with E-state index >= 15 is 0 Å². The van der Waals surface area contributed by atoms with E-state index in [-0.39, 0.29) is 12.1 Å². The number of nitrogens with one attached hydrogen (secondary N) is 1. The van der Waals surface area contributed by atoms with Gasteiger partial charge in [0.25, 0.3) is 0 Å². The summed E-state index contributed by atoms with van der Waals surface area (Å²) >= 11 is 0. The molecular formula is C17H29NO. The van der Waals surface area contributed by atoms with Gasteiger partial charge in [-0.2, -0.15) is 0 Å². The Balaban J connectivity index is 2.93.